The lowest BCUT2D eigenvalue weighted by Gasteiger charge is -2.33. The van der Waals surface area contributed by atoms with Gasteiger partial charge in [0.15, 0.2) is 5.03 Å². The number of benzene rings is 1. The second-order valence-electron chi connectivity index (χ2n) is 5.73. The van der Waals surface area contributed by atoms with Crippen molar-refractivity contribution in [2.75, 3.05) is 32.7 Å². The minimum Gasteiger partial charge on any atom is -0.297 e. The van der Waals surface area contributed by atoms with Gasteiger partial charge in [-0.05, 0) is 12.5 Å². The summed E-state index contributed by atoms with van der Waals surface area (Å²) in [4.78, 5) is 7.27. The number of hydrogen-bond acceptors (Lipinski definition) is 5. The molecule has 0 spiro atoms. The van der Waals surface area contributed by atoms with Crippen LogP contribution < -0.4 is 0 Å². The molecule has 0 bridgehead atoms. The number of sulfonamides is 1. The monoisotopic (exact) mass is 363 g/mol. The fraction of sp³-hybridized carbons (Fsp3) is 0.353. The molecule has 1 saturated heterocycles. The second-order valence-corrected chi connectivity index (χ2v) is 8.78. The summed E-state index contributed by atoms with van der Waals surface area (Å²) in [6.07, 6.45) is 1.85. The molecule has 5 nitrogen and oxygen atoms in total. The maximum atomic E-state index is 13.1. The van der Waals surface area contributed by atoms with Crippen molar-refractivity contribution in [3.8, 4) is 10.4 Å². The molecule has 24 heavy (non-hydrogen) atoms. The molecule has 2 aromatic rings. The maximum absolute atomic E-state index is 13.1. The average Bonchev–Trinajstić information content (AvgIpc) is 2.99. The Morgan fingerprint density at radius 1 is 1.21 bits per heavy atom. The summed E-state index contributed by atoms with van der Waals surface area (Å²) < 4.78 is 27.7. The van der Waals surface area contributed by atoms with Crippen LogP contribution in [-0.2, 0) is 10.0 Å². The van der Waals surface area contributed by atoms with Gasteiger partial charge in [0.05, 0.1) is 9.88 Å². The van der Waals surface area contributed by atoms with Crippen molar-refractivity contribution in [1.82, 2.24) is 14.2 Å². The van der Waals surface area contributed by atoms with E-state index in [4.69, 9.17) is 0 Å². The number of rotatable bonds is 5. The lowest BCUT2D eigenvalue weighted by atomic mass is 10.2. The number of hydrogen-bond donors (Lipinski definition) is 0. The van der Waals surface area contributed by atoms with Crippen LogP contribution in [0.15, 0.2) is 48.0 Å². The Kier molecular flexibility index (Phi) is 5.15. The Morgan fingerprint density at radius 2 is 1.88 bits per heavy atom. The smallest absolute Gasteiger partial charge is 0.262 e. The first-order valence-corrected chi connectivity index (χ1v) is 10.1. The first kappa shape index (κ1) is 17.3. The molecule has 128 valence electrons. The van der Waals surface area contributed by atoms with Gasteiger partial charge >= 0.3 is 0 Å². The molecule has 0 aliphatic carbocycles. The van der Waals surface area contributed by atoms with Gasteiger partial charge in [-0.2, -0.15) is 4.31 Å². The molecule has 2 heterocycles. The van der Waals surface area contributed by atoms with Gasteiger partial charge in [-0.3, -0.25) is 4.90 Å². The van der Waals surface area contributed by atoms with Crippen LogP contribution in [0, 0.1) is 6.92 Å². The highest BCUT2D eigenvalue weighted by Crippen LogP contribution is 2.34. The van der Waals surface area contributed by atoms with Crippen LogP contribution in [0.5, 0.6) is 0 Å². The molecule has 3 rings (SSSR count). The van der Waals surface area contributed by atoms with E-state index >= 15 is 0 Å². The van der Waals surface area contributed by atoms with Crippen molar-refractivity contribution >= 4 is 21.4 Å². The normalized spacial score (nSPS) is 17.0. The van der Waals surface area contributed by atoms with Crippen LogP contribution in [0.3, 0.4) is 0 Å². The van der Waals surface area contributed by atoms with E-state index in [1.165, 1.54) is 11.3 Å². The van der Waals surface area contributed by atoms with E-state index in [1.54, 1.807) is 4.31 Å². The minimum atomic E-state index is -3.58. The molecule has 0 atom stereocenters. The van der Waals surface area contributed by atoms with E-state index < -0.39 is 10.0 Å². The van der Waals surface area contributed by atoms with Crippen LogP contribution in [-0.4, -0.2) is 55.3 Å². The van der Waals surface area contributed by atoms with E-state index in [1.807, 2.05) is 43.3 Å². The molecule has 0 unspecified atom stereocenters. The maximum Gasteiger partial charge on any atom is 0.262 e. The molecular weight excluding hydrogens is 342 g/mol. The van der Waals surface area contributed by atoms with Crippen molar-refractivity contribution in [1.29, 1.82) is 0 Å². The number of aryl methyl sites for hydroxylation is 1. The first-order valence-electron chi connectivity index (χ1n) is 7.88. The molecule has 7 heteroatoms. The van der Waals surface area contributed by atoms with E-state index in [0.29, 0.717) is 13.1 Å². The molecule has 1 aliphatic heterocycles. The topological polar surface area (TPSA) is 53.5 Å². The van der Waals surface area contributed by atoms with Crippen molar-refractivity contribution in [3.05, 3.63) is 48.0 Å². The lowest BCUT2D eigenvalue weighted by Crippen LogP contribution is -2.48. The molecule has 1 aliphatic rings. The molecule has 0 N–H and O–H groups in total. The fourth-order valence-electron chi connectivity index (χ4n) is 2.81. The zero-order chi connectivity index (χ0) is 17.2. The summed E-state index contributed by atoms with van der Waals surface area (Å²) in [7, 11) is -3.58. The second kappa shape index (κ2) is 7.14. The lowest BCUT2D eigenvalue weighted by molar-refractivity contribution is 0.204. The highest BCUT2D eigenvalue weighted by molar-refractivity contribution is 7.89. The van der Waals surface area contributed by atoms with Crippen LogP contribution in [0.2, 0.25) is 0 Å². The molecular formula is C17H21N3O2S2. The highest BCUT2D eigenvalue weighted by Gasteiger charge is 2.32. The van der Waals surface area contributed by atoms with Crippen LogP contribution in [0.1, 0.15) is 5.01 Å². The zero-order valence-corrected chi connectivity index (χ0v) is 15.3. The first-order chi connectivity index (χ1) is 11.5. The number of thiazole rings is 1. The predicted molar refractivity (Wildman–Crippen MR) is 97.7 cm³/mol. The van der Waals surface area contributed by atoms with Crippen LogP contribution >= 0.6 is 11.3 Å². The molecule has 1 aromatic carbocycles. The minimum absolute atomic E-state index is 0.188. The predicted octanol–water partition coefficient (Wildman–Crippen LogP) is 2.61. The Hall–Kier alpha value is -1.54. The third kappa shape index (κ3) is 3.44. The Balaban J connectivity index is 1.90. The third-order valence-corrected chi connectivity index (χ3v) is 7.02. The summed E-state index contributed by atoms with van der Waals surface area (Å²) in [6, 6.07) is 9.59. The van der Waals surface area contributed by atoms with Gasteiger partial charge in [0, 0.05) is 32.7 Å². The summed E-state index contributed by atoms with van der Waals surface area (Å²) in [5.74, 6) is 0. The van der Waals surface area contributed by atoms with Crippen molar-refractivity contribution in [2.45, 2.75) is 11.9 Å². The van der Waals surface area contributed by atoms with Gasteiger partial charge in [-0.15, -0.1) is 17.9 Å². The SMILES string of the molecule is C=CCN1CCN(S(=O)(=O)c2nc(C)sc2-c2ccccc2)CC1. The summed E-state index contributed by atoms with van der Waals surface area (Å²) in [6.45, 7) is 8.78. The van der Waals surface area contributed by atoms with Crippen molar-refractivity contribution < 1.29 is 8.42 Å². The Labute approximate surface area is 147 Å². The summed E-state index contributed by atoms with van der Waals surface area (Å²) in [5.41, 5.74) is 0.895. The standard InChI is InChI=1S/C17H21N3O2S2/c1-3-9-19-10-12-20(13-11-19)24(21,22)17-16(23-14(2)18-17)15-7-5-4-6-8-15/h3-8H,1,9-13H2,2H3. The molecule has 1 fully saturated rings. The van der Waals surface area contributed by atoms with Crippen LogP contribution in [0.25, 0.3) is 10.4 Å². The van der Waals surface area contributed by atoms with Gasteiger partial charge in [-0.25, -0.2) is 13.4 Å². The number of piperazine rings is 1. The van der Waals surface area contributed by atoms with Gasteiger partial charge in [-0.1, -0.05) is 36.4 Å². The van der Waals surface area contributed by atoms with E-state index in [0.717, 1.165) is 35.1 Å². The Morgan fingerprint density at radius 3 is 2.50 bits per heavy atom. The molecule has 0 saturated carbocycles. The van der Waals surface area contributed by atoms with Crippen molar-refractivity contribution in [2.24, 2.45) is 0 Å². The zero-order valence-electron chi connectivity index (χ0n) is 13.7. The molecule has 1 aromatic heterocycles. The van der Waals surface area contributed by atoms with Gasteiger partial charge < -0.3 is 0 Å². The van der Waals surface area contributed by atoms with Gasteiger partial charge in [0.2, 0.25) is 0 Å². The number of nitrogens with zero attached hydrogens (tertiary/aromatic N) is 3. The van der Waals surface area contributed by atoms with E-state index in [9.17, 15) is 8.42 Å². The number of aromatic nitrogens is 1. The van der Waals surface area contributed by atoms with Gasteiger partial charge in [0.1, 0.15) is 0 Å². The summed E-state index contributed by atoms with van der Waals surface area (Å²) >= 11 is 1.43. The van der Waals surface area contributed by atoms with E-state index in [-0.39, 0.29) is 5.03 Å². The van der Waals surface area contributed by atoms with Crippen LogP contribution in [0.4, 0.5) is 0 Å². The summed E-state index contributed by atoms with van der Waals surface area (Å²) in [5, 5.41) is 0.950. The van der Waals surface area contributed by atoms with E-state index in [2.05, 4.69) is 16.5 Å². The molecule has 0 amide bonds. The third-order valence-electron chi connectivity index (χ3n) is 4.04. The highest BCUT2D eigenvalue weighted by atomic mass is 32.2. The fourth-order valence-corrected chi connectivity index (χ4v) is 5.62. The van der Waals surface area contributed by atoms with Crippen molar-refractivity contribution in [3.63, 3.8) is 0 Å². The largest absolute Gasteiger partial charge is 0.297 e. The Bertz CT molecular complexity index is 808. The molecule has 0 radical (unpaired) electrons. The van der Waals surface area contributed by atoms with Gasteiger partial charge in [0.25, 0.3) is 10.0 Å². The average molecular weight is 364 g/mol. The quantitative estimate of drug-likeness (QED) is 0.767.